The fraction of sp³-hybridized carbons (Fsp3) is 0.688. The van der Waals surface area contributed by atoms with E-state index in [1.165, 1.54) is 0 Å². The monoisotopic (exact) mass is 309 g/mol. The second kappa shape index (κ2) is 8.08. The number of rotatable bonds is 8. The van der Waals surface area contributed by atoms with Gasteiger partial charge in [0.25, 0.3) is 5.56 Å². The van der Waals surface area contributed by atoms with Gasteiger partial charge < -0.3 is 15.4 Å². The van der Waals surface area contributed by atoms with Crippen molar-refractivity contribution in [3.05, 3.63) is 27.4 Å². The number of nitrogens with one attached hydrogen (secondary N) is 2. The Morgan fingerprint density at radius 2 is 1.95 bits per heavy atom. The van der Waals surface area contributed by atoms with Crippen molar-refractivity contribution < 1.29 is 9.90 Å². The lowest BCUT2D eigenvalue weighted by atomic mass is 9.83. The Hall–Kier alpha value is -1.69. The highest BCUT2D eigenvalue weighted by molar-refractivity contribution is 5.76. The number of hydrogen-bond acceptors (Lipinski definition) is 4. The highest BCUT2D eigenvalue weighted by Crippen LogP contribution is 2.24. The molecule has 0 aliphatic heterocycles. The molecule has 0 bridgehead atoms. The highest BCUT2D eigenvalue weighted by Gasteiger charge is 2.25. The molecule has 0 unspecified atom stereocenters. The molecule has 0 fully saturated rings. The van der Waals surface area contributed by atoms with Crippen molar-refractivity contribution in [2.24, 2.45) is 5.41 Å². The predicted molar refractivity (Wildman–Crippen MR) is 85.8 cm³/mol. The van der Waals surface area contributed by atoms with Crippen LogP contribution in [0.25, 0.3) is 0 Å². The van der Waals surface area contributed by atoms with E-state index in [0.29, 0.717) is 30.0 Å². The average Bonchev–Trinajstić information content (AvgIpc) is 2.48. The number of carbonyl (C=O) groups excluding carboxylic acids is 1. The molecule has 22 heavy (non-hydrogen) atoms. The Bertz CT molecular complexity index is 554. The summed E-state index contributed by atoms with van der Waals surface area (Å²) >= 11 is 0. The molecule has 0 radical (unpaired) electrons. The summed E-state index contributed by atoms with van der Waals surface area (Å²) in [5.41, 5.74) is 0.791. The van der Waals surface area contributed by atoms with Crippen LogP contribution in [0.1, 0.15) is 50.2 Å². The summed E-state index contributed by atoms with van der Waals surface area (Å²) in [6.07, 6.45) is 2.22. The van der Waals surface area contributed by atoms with E-state index in [1.54, 1.807) is 13.8 Å². The van der Waals surface area contributed by atoms with Gasteiger partial charge in [-0.15, -0.1) is 0 Å². The van der Waals surface area contributed by atoms with Gasteiger partial charge in [-0.2, -0.15) is 0 Å². The minimum absolute atomic E-state index is 0.0565. The minimum atomic E-state index is -0.255. The van der Waals surface area contributed by atoms with Gasteiger partial charge in [0.15, 0.2) is 0 Å². The molecule has 1 amide bonds. The first kappa shape index (κ1) is 18.4. The van der Waals surface area contributed by atoms with Crippen molar-refractivity contribution in [2.45, 2.75) is 53.4 Å². The summed E-state index contributed by atoms with van der Waals surface area (Å²) in [6.45, 7) is 8.03. The fourth-order valence-corrected chi connectivity index (χ4v) is 2.44. The number of nitrogens with zero attached hydrogens (tertiary/aromatic N) is 1. The largest absolute Gasteiger partial charge is 0.396 e. The first-order valence-electron chi connectivity index (χ1n) is 7.81. The molecule has 1 aromatic rings. The van der Waals surface area contributed by atoms with E-state index in [2.05, 4.69) is 15.3 Å². The zero-order valence-electron chi connectivity index (χ0n) is 14.0. The number of aryl methyl sites for hydroxylation is 2. The molecule has 124 valence electrons. The fourth-order valence-electron chi connectivity index (χ4n) is 2.44. The van der Waals surface area contributed by atoms with Crippen LogP contribution in [-0.4, -0.2) is 34.1 Å². The first-order chi connectivity index (χ1) is 10.4. The maximum absolute atomic E-state index is 12.0. The van der Waals surface area contributed by atoms with Crippen molar-refractivity contribution in [2.75, 3.05) is 13.2 Å². The van der Waals surface area contributed by atoms with E-state index < -0.39 is 0 Å². The number of aromatic nitrogens is 2. The van der Waals surface area contributed by atoms with Crippen LogP contribution < -0.4 is 10.9 Å². The summed E-state index contributed by atoms with van der Waals surface area (Å²) in [7, 11) is 0. The first-order valence-corrected chi connectivity index (χ1v) is 7.81. The van der Waals surface area contributed by atoms with E-state index in [9.17, 15) is 14.7 Å². The number of aliphatic hydroxyl groups is 1. The van der Waals surface area contributed by atoms with Gasteiger partial charge >= 0.3 is 0 Å². The minimum Gasteiger partial charge on any atom is -0.396 e. The van der Waals surface area contributed by atoms with Gasteiger partial charge in [-0.05, 0) is 33.1 Å². The van der Waals surface area contributed by atoms with Crippen LogP contribution in [0.4, 0.5) is 0 Å². The molecule has 0 atom stereocenters. The quantitative estimate of drug-likeness (QED) is 0.673. The van der Waals surface area contributed by atoms with E-state index in [0.717, 1.165) is 12.8 Å². The molecular weight excluding hydrogens is 282 g/mol. The number of H-pyrrole nitrogens is 1. The molecule has 0 aromatic carbocycles. The molecule has 1 heterocycles. The number of hydrogen-bond donors (Lipinski definition) is 3. The number of aliphatic hydroxyl groups excluding tert-OH is 1. The highest BCUT2D eigenvalue weighted by atomic mass is 16.3. The lowest BCUT2D eigenvalue weighted by Crippen LogP contribution is -2.39. The van der Waals surface area contributed by atoms with Gasteiger partial charge in [-0.3, -0.25) is 9.59 Å². The molecular formula is C16H27N3O3. The second-order valence-corrected chi connectivity index (χ2v) is 5.86. The summed E-state index contributed by atoms with van der Waals surface area (Å²) in [5, 5.41) is 12.4. The van der Waals surface area contributed by atoms with Crippen molar-refractivity contribution in [3.8, 4) is 0 Å². The lowest BCUT2D eigenvalue weighted by Gasteiger charge is -2.29. The number of aromatic amines is 1. The van der Waals surface area contributed by atoms with Gasteiger partial charge in [0.2, 0.25) is 5.91 Å². The molecule has 1 aromatic heterocycles. The summed E-state index contributed by atoms with van der Waals surface area (Å²) in [6, 6.07) is 0. The van der Waals surface area contributed by atoms with Gasteiger partial charge in [-0.1, -0.05) is 13.8 Å². The van der Waals surface area contributed by atoms with Crippen molar-refractivity contribution in [1.29, 1.82) is 0 Å². The molecule has 0 saturated heterocycles. The van der Waals surface area contributed by atoms with Gasteiger partial charge in [-0.25, -0.2) is 4.98 Å². The van der Waals surface area contributed by atoms with Crippen molar-refractivity contribution in [3.63, 3.8) is 0 Å². The second-order valence-electron chi connectivity index (χ2n) is 5.86. The third-order valence-corrected chi connectivity index (χ3v) is 4.44. The third-order valence-electron chi connectivity index (χ3n) is 4.44. The normalized spacial score (nSPS) is 11.5. The van der Waals surface area contributed by atoms with Gasteiger partial charge in [0.05, 0.1) is 6.61 Å². The zero-order chi connectivity index (χ0) is 16.8. The van der Waals surface area contributed by atoms with E-state index >= 15 is 0 Å². The predicted octanol–water partition coefficient (Wildman–Crippen LogP) is 1.23. The van der Waals surface area contributed by atoms with Crippen LogP contribution in [0.3, 0.4) is 0 Å². The standard InChI is InChI=1S/C16H27N3O3/c1-5-16(6-2,10-20)9-17-14(21)8-7-13-11(3)18-12(4)19-15(13)22/h20H,5-10H2,1-4H3,(H,17,21)(H,18,19,22). The molecule has 6 nitrogen and oxygen atoms in total. The lowest BCUT2D eigenvalue weighted by molar-refractivity contribution is -0.121. The molecule has 0 aliphatic rings. The Morgan fingerprint density at radius 3 is 2.45 bits per heavy atom. The Balaban J connectivity index is 2.59. The van der Waals surface area contributed by atoms with Crippen LogP contribution in [0.15, 0.2) is 4.79 Å². The maximum Gasteiger partial charge on any atom is 0.254 e. The summed E-state index contributed by atoms with van der Waals surface area (Å²) < 4.78 is 0. The van der Waals surface area contributed by atoms with Gasteiger partial charge in [0.1, 0.15) is 5.82 Å². The molecule has 0 spiro atoms. The average molecular weight is 309 g/mol. The SMILES string of the molecule is CCC(CC)(CO)CNC(=O)CCc1c(C)nc(C)[nH]c1=O. The topological polar surface area (TPSA) is 95.1 Å². The Morgan fingerprint density at radius 1 is 1.32 bits per heavy atom. The third kappa shape index (κ3) is 4.66. The van der Waals surface area contributed by atoms with Crippen molar-refractivity contribution in [1.82, 2.24) is 15.3 Å². The van der Waals surface area contributed by atoms with Crippen LogP contribution in [0, 0.1) is 19.3 Å². The van der Waals surface area contributed by atoms with Crippen LogP contribution in [-0.2, 0) is 11.2 Å². The summed E-state index contributed by atoms with van der Waals surface area (Å²) in [4.78, 5) is 30.7. The van der Waals surface area contributed by atoms with Gasteiger partial charge in [0, 0.05) is 29.6 Å². The molecule has 3 N–H and O–H groups in total. The smallest absolute Gasteiger partial charge is 0.254 e. The molecule has 6 heteroatoms. The number of carbonyl (C=O) groups is 1. The van der Waals surface area contributed by atoms with E-state index in [4.69, 9.17) is 0 Å². The molecule has 1 rings (SSSR count). The molecule has 0 saturated carbocycles. The van der Waals surface area contributed by atoms with E-state index in [-0.39, 0.29) is 29.9 Å². The van der Waals surface area contributed by atoms with Crippen LogP contribution in [0.2, 0.25) is 0 Å². The van der Waals surface area contributed by atoms with Crippen LogP contribution in [0.5, 0.6) is 0 Å². The van der Waals surface area contributed by atoms with Crippen LogP contribution >= 0.6 is 0 Å². The Kier molecular flexibility index (Phi) is 6.74. The van der Waals surface area contributed by atoms with Crippen molar-refractivity contribution >= 4 is 5.91 Å². The number of amides is 1. The maximum atomic E-state index is 12.0. The summed E-state index contributed by atoms with van der Waals surface area (Å²) in [5.74, 6) is 0.466. The molecule has 0 aliphatic carbocycles. The Labute approximate surface area is 131 Å². The van der Waals surface area contributed by atoms with E-state index in [1.807, 2.05) is 13.8 Å². The zero-order valence-corrected chi connectivity index (χ0v) is 14.0.